The molecule has 0 saturated carbocycles. The lowest BCUT2D eigenvalue weighted by Crippen LogP contribution is -2.39. The zero-order valence-corrected chi connectivity index (χ0v) is 17.9. The van der Waals surface area contributed by atoms with Gasteiger partial charge in [0.05, 0.1) is 5.69 Å². The van der Waals surface area contributed by atoms with Crippen molar-refractivity contribution in [3.63, 3.8) is 0 Å². The SMILES string of the molecule is CCNC(=NCC(C)Cn1nc(C)cc1C)NCCCN1CCCCCC1. The molecule has 0 amide bonds. The van der Waals surface area contributed by atoms with Crippen molar-refractivity contribution in [1.82, 2.24) is 25.3 Å². The average molecular weight is 377 g/mol. The normalized spacial score (nSPS) is 17.6. The predicted octanol–water partition coefficient (Wildman–Crippen LogP) is 2.96. The molecule has 2 N–H and O–H groups in total. The summed E-state index contributed by atoms with van der Waals surface area (Å²) in [4.78, 5) is 7.41. The van der Waals surface area contributed by atoms with Crippen molar-refractivity contribution in [2.75, 3.05) is 39.3 Å². The van der Waals surface area contributed by atoms with Crippen LogP contribution in [0.2, 0.25) is 0 Å². The lowest BCUT2D eigenvalue weighted by Gasteiger charge is -2.20. The maximum atomic E-state index is 4.79. The number of rotatable bonds is 9. The highest BCUT2D eigenvalue weighted by Crippen LogP contribution is 2.09. The highest BCUT2D eigenvalue weighted by molar-refractivity contribution is 5.79. The molecular formula is C21H40N6. The van der Waals surface area contributed by atoms with Crippen molar-refractivity contribution < 1.29 is 0 Å². The summed E-state index contributed by atoms with van der Waals surface area (Å²) in [5, 5.41) is 11.4. The Kier molecular flexibility index (Phi) is 9.67. The minimum Gasteiger partial charge on any atom is -0.357 e. The summed E-state index contributed by atoms with van der Waals surface area (Å²) < 4.78 is 2.09. The third-order valence-electron chi connectivity index (χ3n) is 5.14. The first-order valence-corrected chi connectivity index (χ1v) is 10.8. The van der Waals surface area contributed by atoms with E-state index in [-0.39, 0.29) is 0 Å². The van der Waals surface area contributed by atoms with E-state index in [0.29, 0.717) is 5.92 Å². The molecule has 27 heavy (non-hydrogen) atoms. The Hall–Kier alpha value is -1.56. The number of hydrogen-bond donors (Lipinski definition) is 2. The zero-order valence-electron chi connectivity index (χ0n) is 17.9. The minimum absolute atomic E-state index is 0.454. The quantitative estimate of drug-likeness (QED) is 0.395. The van der Waals surface area contributed by atoms with E-state index in [9.17, 15) is 0 Å². The Labute approximate surface area is 165 Å². The largest absolute Gasteiger partial charge is 0.357 e. The van der Waals surface area contributed by atoms with Crippen LogP contribution in [0.5, 0.6) is 0 Å². The van der Waals surface area contributed by atoms with E-state index in [4.69, 9.17) is 4.99 Å². The molecule has 1 atom stereocenters. The number of aryl methyl sites for hydroxylation is 2. The topological polar surface area (TPSA) is 57.5 Å². The van der Waals surface area contributed by atoms with Gasteiger partial charge in [-0.15, -0.1) is 0 Å². The second kappa shape index (κ2) is 12.0. The fourth-order valence-corrected chi connectivity index (χ4v) is 3.67. The van der Waals surface area contributed by atoms with E-state index in [1.54, 1.807) is 0 Å². The molecule has 0 spiro atoms. The van der Waals surface area contributed by atoms with E-state index in [2.05, 4.69) is 52.2 Å². The Balaban J connectivity index is 1.71. The van der Waals surface area contributed by atoms with E-state index >= 15 is 0 Å². The van der Waals surface area contributed by atoms with Crippen LogP contribution in [0.1, 0.15) is 57.3 Å². The lowest BCUT2D eigenvalue weighted by molar-refractivity contribution is 0.282. The smallest absolute Gasteiger partial charge is 0.191 e. The summed E-state index contributed by atoms with van der Waals surface area (Å²) in [6.07, 6.45) is 6.71. The van der Waals surface area contributed by atoms with Crippen molar-refractivity contribution in [3.05, 3.63) is 17.5 Å². The molecule has 2 heterocycles. The summed E-state index contributed by atoms with van der Waals surface area (Å²) >= 11 is 0. The van der Waals surface area contributed by atoms with Gasteiger partial charge in [-0.1, -0.05) is 19.8 Å². The maximum Gasteiger partial charge on any atom is 0.191 e. The molecule has 1 aliphatic heterocycles. The third-order valence-corrected chi connectivity index (χ3v) is 5.14. The van der Waals surface area contributed by atoms with Gasteiger partial charge in [-0.3, -0.25) is 9.67 Å². The van der Waals surface area contributed by atoms with Crippen molar-refractivity contribution in [1.29, 1.82) is 0 Å². The van der Waals surface area contributed by atoms with Gasteiger partial charge in [0.25, 0.3) is 0 Å². The highest BCUT2D eigenvalue weighted by Gasteiger charge is 2.09. The standard InChI is InChI=1S/C21H40N6/c1-5-22-21(23-11-10-14-26-12-8-6-7-9-13-26)24-16-18(2)17-27-20(4)15-19(3)25-27/h15,18H,5-14,16-17H2,1-4H3,(H2,22,23,24). The third kappa shape index (κ3) is 8.33. The summed E-state index contributed by atoms with van der Waals surface area (Å²) in [5.74, 6) is 1.39. The molecule has 6 nitrogen and oxygen atoms in total. The molecular weight excluding hydrogens is 336 g/mol. The van der Waals surface area contributed by atoms with Crippen LogP contribution in [0, 0.1) is 19.8 Å². The molecule has 1 fully saturated rings. The second-order valence-corrected chi connectivity index (χ2v) is 7.97. The van der Waals surface area contributed by atoms with Gasteiger partial charge in [0.2, 0.25) is 0 Å². The molecule has 1 unspecified atom stereocenters. The average Bonchev–Trinajstić information content (AvgIpc) is 2.82. The molecule has 1 aromatic heterocycles. The summed E-state index contributed by atoms with van der Waals surface area (Å²) in [5.41, 5.74) is 2.31. The van der Waals surface area contributed by atoms with Crippen LogP contribution >= 0.6 is 0 Å². The summed E-state index contributed by atoms with van der Waals surface area (Å²) in [7, 11) is 0. The van der Waals surface area contributed by atoms with Crippen LogP contribution in [0.15, 0.2) is 11.1 Å². The first-order chi connectivity index (χ1) is 13.1. The van der Waals surface area contributed by atoms with Gasteiger partial charge in [-0.2, -0.15) is 5.10 Å². The molecule has 0 aromatic carbocycles. The molecule has 154 valence electrons. The highest BCUT2D eigenvalue weighted by atomic mass is 15.3. The zero-order chi connectivity index (χ0) is 19.5. The number of likely N-dealkylation sites (tertiary alicyclic amines) is 1. The summed E-state index contributed by atoms with van der Waals surface area (Å²) in [6.45, 7) is 15.9. The second-order valence-electron chi connectivity index (χ2n) is 7.97. The number of guanidine groups is 1. The van der Waals surface area contributed by atoms with E-state index in [0.717, 1.165) is 37.8 Å². The Morgan fingerprint density at radius 3 is 2.56 bits per heavy atom. The lowest BCUT2D eigenvalue weighted by atomic mass is 10.2. The first-order valence-electron chi connectivity index (χ1n) is 10.8. The van der Waals surface area contributed by atoms with Gasteiger partial charge < -0.3 is 15.5 Å². The fourth-order valence-electron chi connectivity index (χ4n) is 3.67. The molecule has 6 heteroatoms. The number of aromatic nitrogens is 2. The Bertz CT molecular complexity index is 557. The van der Waals surface area contributed by atoms with Crippen LogP contribution < -0.4 is 10.6 Å². The van der Waals surface area contributed by atoms with Crippen LogP contribution in [0.3, 0.4) is 0 Å². The number of aliphatic imine (C=N–C) groups is 1. The molecule has 0 radical (unpaired) electrons. The van der Waals surface area contributed by atoms with Crippen LogP contribution in [0.4, 0.5) is 0 Å². The van der Waals surface area contributed by atoms with Crippen LogP contribution in [0.25, 0.3) is 0 Å². The Morgan fingerprint density at radius 2 is 1.93 bits per heavy atom. The Morgan fingerprint density at radius 1 is 1.19 bits per heavy atom. The molecule has 0 bridgehead atoms. The van der Waals surface area contributed by atoms with Crippen LogP contribution in [-0.4, -0.2) is 59.9 Å². The van der Waals surface area contributed by atoms with Gasteiger partial charge >= 0.3 is 0 Å². The van der Waals surface area contributed by atoms with E-state index in [1.807, 2.05) is 6.92 Å². The van der Waals surface area contributed by atoms with Gasteiger partial charge in [0.1, 0.15) is 0 Å². The van der Waals surface area contributed by atoms with Gasteiger partial charge in [-0.25, -0.2) is 0 Å². The minimum atomic E-state index is 0.454. The van der Waals surface area contributed by atoms with Gasteiger partial charge in [0.15, 0.2) is 5.96 Å². The van der Waals surface area contributed by atoms with E-state index < -0.39 is 0 Å². The first kappa shape index (κ1) is 21.7. The molecule has 1 aromatic rings. The van der Waals surface area contributed by atoms with Gasteiger partial charge in [0, 0.05) is 31.9 Å². The van der Waals surface area contributed by atoms with E-state index in [1.165, 1.54) is 57.4 Å². The fraction of sp³-hybridized carbons (Fsp3) is 0.810. The number of hydrogen-bond acceptors (Lipinski definition) is 3. The monoisotopic (exact) mass is 376 g/mol. The molecule has 1 aliphatic rings. The van der Waals surface area contributed by atoms with Crippen molar-refractivity contribution >= 4 is 5.96 Å². The molecule has 2 rings (SSSR count). The maximum absolute atomic E-state index is 4.79. The van der Waals surface area contributed by atoms with Gasteiger partial charge in [-0.05, 0) is 71.7 Å². The van der Waals surface area contributed by atoms with Crippen molar-refractivity contribution in [2.24, 2.45) is 10.9 Å². The van der Waals surface area contributed by atoms with Crippen molar-refractivity contribution in [3.8, 4) is 0 Å². The van der Waals surface area contributed by atoms with Crippen molar-refractivity contribution in [2.45, 2.75) is 66.3 Å². The summed E-state index contributed by atoms with van der Waals surface area (Å²) in [6, 6.07) is 2.13. The molecule has 0 aliphatic carbocycles. The number of nitrogens with one attached hydrogen (secondary N) is 2. The molecule has 1 saturated heterocycles. The van der Waals surface area contributed by atoms with Crippen LogP contribution in [-0.2, 0) is 6.54 Å². The predicted molar refractivity (Wildman–Crippen MR) is 114 cm³/mol. The number of nitrogens with zero attached hydrogens (tertiary/aromatic N) is 4.